The Kier molecular flexibility index (Phi) is 5.42. The van der Waals surface area contributed by atoms with Crippen LogP contribution in [0, 0.1) is 28.4 Å². The number of halogens is 2. The number of hydrogen-bond donors (Lipinski definition) is 1. The molecule has 0 amide bonds. The number of hydrogen-bond acceptors (Lipinski definition) is 3. The Labute approximate surface area is 121 Å². The van der Waals surface area contributed by atoms with Gasteiger partial charge in [0.2, 0.25) is 0 Å². The molecule has 0 fully saturated rings. The molecule has 0 aromatic heterocycles. The van der Waals surface area contributed by atoms with Crippen LogP contribution >= 0.6 is 0 Å². The van der Waals surface area contributed by atoms with E-state index in [9.17, 15) is 13.6 Å². The van der Waals surface area contributed by atoms with E-state index in [1.165, 1.54) is 0 Å². The maximum atomic E-state index is 13.7. The van der Waals surface area contributed by atoms with Crippen molar-refractivity contribution in [2.45, 2.75) is 20.3 Å². The molecule has 1 aromatic rings. The van der Waals surface area contributed by atoms with Gasteiger partial charge in [0.1, 0.15) is 0 Å². The van der Waals surface area contributed by atoms with Crippen LogP contribution in [-0.2, 0) is 4.79 Å². The quantitative estimate of drug-likeness (QED) is 0.817. The Morgan fingerprint density at radius 1 is 1.43 bits per heavy atom. The zero-order valence-corrected chi connectivity index (χ0v) is 11.7. The first-order valence-electron chi connectivity index (χ1n) is 6.19. The molecule has 0 spiro atoms. The van der Waals surface area contributed by atoms with Crippen LogP contribution in [0.5, 0.6) is 5.75 Å². The smallest absolute Gasteiger partial charge is 0.328 e. The van der Waals surface area contributed by atoms with Crippen molar-refractivity contribution in [2.75, 3.05) is 6.61 Å². The summed E-state index contributed by atoms with van der Waals surface area (Å²) < 4.78 is 32.5. The van der Waals surface area contributed by atoms with Gasteiger partial charge in [-0.2, -0.15) is 5.26 Å². The van der Waals surface area contributed by atoms with Crippen LogP contribution in [0.2, 0.25) is 0 Å². The molecule has 0 aliphatic carbocycles. The number of nitriles is 1. The van der Waals surface area contributed by atoms with E-state index in [0.717, 1.165) is 24.3 Å². The highest BCUT2D eigenvalue weighted by atomic mass is 19.1. The summed E-state index contributed by atoms with van der Waals surface area (Å²) in [5, 5.41) is 17.3. The summed E-state index contributed by atoms with van der Waals surface area (Å²) >= 11 is 0. The first-order chi connectivity index (χ1) is 9.75. The molecular weight excluding hydrogens is 280 g/mol. The Hall–Kier alpha value is -2.42. The van der Waals surface area contributed by atoms with E-state index in [-0.39, 0.29) is 12.2 Å². The van der Waals surface area contributed by atoms with E-state index in [1.54, 1.807) is 13.8 Å². The number of carboxylic acids is 1. The van der Waals surface area contributed by atoms with Gasteiger partial charge in [0, 0.05) is 6.08 Å². The van der Waals surface area contributed by atoms with E-state index in [1.807, 2.05) is 0 Å². The minimum absolute atomic E-state index is 0.00128. The summed E-state index contributed by atoms with van der Waals surface area (Å²) in [5.74, 6) is -3.59. The predicted octanol–water partition coefficient (Wildman–Crippen LogP) is 3.38. The maximum absolute atomic E-state index is 13.7. The predicted molar refractivity (Wildman–Crippen MR) is 72.5 cm³/mol. The van der Waals surface area contributed by atoms with Gasteiger partial charge in [0.05, 0.1) is 18.1 Å². The van der Waals surface area contributed by atoms with Crippen molar-refractivity contribution < 1.29 is 23.4 Å². The van der Waals surface area contributed by atoms with Gasteiger partial charge in [-0.3, -0.25) is 0 Å². The van der Waals surface area contributed by atoms with E-state index in [4.69, 9.17) is 15.1 Å². The second-order valence-electron chi connectivity index (χ2n) is 5.08. The monoisotopic (exact) mass is 295 g/mol. The highest BCUT2D eigenvalue weighted by Gasteiger charge is 2.18. The van der Waals surface area contributed by atoms with Crippen LogP contribution in [0.3, 0.4) is 0 Å². The second kappa shape index (κ2) is 6.84. The minimum Gasteiger partial charge on any atom is -0.488 e. The Morgan fingerprint density at radius 2 is 2.00 bits per heavy atom. The second-order valence-corrected chi connectivity index (χ2v) is 5.08. The fourth-order valence-corrected chi connectivity index (χ4v) is 1.45. The first kappa shape index (κ1) is 16.6. The molecule has 0 aliphatic rings. The molecule has 0 radical (unpaired) electrons. The lowest BCUT2D eigenvalue weighted by molar-refractivity contribution is -0.131. The van der Waals surface area contributed by atoms with Crippen molar-refractivity contribution in [3.8, 4) is 11.8 Å². The normalized spacial score (nSPS) is 11.4. The lowest BCUT2D eigenvalue weighted by Crippen LogP contribution is -2.14. The Morgan fingerprint density at radius 3 is 2.48 bits per heavy atom. The fourth-order valence-electron chi connectivity index (χ4n) is 1.45. The van der Waals surface area contributed by atoms with Crippen molar-refractivity contribution >= 4 is 12.0 Å². The number of carbonyl (C=O) groups is 1. The molecule has 1 aromatic carbocycles. The molecule has 0 saturated carbocycles. The van der Waals surface area contributed by atoms with Gasteiger partial charge >= 0.3 is 5.97 Å². The van der Waals surface area contributed by atoms with Crippen molar-refractivity contribution in [1.82, 2.24) is 0 Å². The van der Waals surface area contributed by atoms with Crippen LogP contribution in [-0.4, -0.2) is 17.7 Å². The molecule has 112 valence electrons. The minimum atomic E-state index is -1.21. The molecule has 21 heavy (non-hydrogen) atoms. The van der Waals surface area contributed by atoms with Crippen molar-refractivity contribution in [3.05, 3.63) is 35.4 Å². The molecule has 0 heterocycles. The average molecular weight is 295 g/mol. The van der Waals surface area contributed by atoms with E-state index in [0.29, 0.717) is 6.42 Å². The van der Waals surface area contributed by atoms with Crippen LogP contribution in [0.1, 0.15) is 25.8 Å². The maximum Gasteiger partial charge on any atom is 0.328 e. The van der Waals surface area contributed by atoms with Crippen LogP contribution in [0.4, 0.5) is 8.78 Å². The number of carboxylic acid groups (broad SMARTS) is 1. The summed E-state index contributed by atoms with van der Waals surface area (Å²) in [7, 11) is 0. The Balaban J connectivity index is 2.81. The van der Waals surface area contributed by atoms with Crippen LogP contribution in [0.15, 0.2) is 18.2 Å². The lowest BCUT2D eigenvalue weighted by Gasteiger charge is -2.16. The molecule has 0 aliphatic heterocycles. The first-order valence-corrected chi connectivity index (χ1v) is 6.19. The van der Waals surface area contributed by atoms with Gasteiger partial charge in [-0.05, 0) is 44.0 Å². The van der Waals surface area contributed by atoms with Crippen LogP contribution in [0.25, 0.3) is 6.08 Å². The summed E-state index contributed by atoms with van der Waals surface area (Å²) in [6.07, 6.45) is 2.18. The molecule has 4 nitrogen and oxygen atoms in total. The average Bonchev–Trinajstić information content (AvgIpc) is 2.39. The zero-order chi connectivity index (χ0) is 16.0. The summed E-state index contributed by atoms with van der Waals surface area (Å²) in [5.41, 5.74) is -0.561. The van der Waals surface area contributed by atoms with Gasteiger partial charge in [-0.1, -0.05) is 0 Å². The SMILES string of the molecule is CC(C)(C#N)CCOc1c(F)cc(C=CC(=O)O)cc1F. The van der Waals surface area contributed by atoms with Gasteiger partial charge in [0.15, 0.2) is 17.4 Å². The molecule has 0 saturated heterocycles. The number of aliphatic carboxylic acids is 1. The zero-order valence-electron chi connectivity index (χ0n) is 11.7. The van der Waals surface area contributed by atoms with Crippen LogP contribution < -0.4 is 4.74 Å². The molecule has 0 atom stereocenters. The summed E-state index contributed by atoms with van der Waals surface area (Å²) in [4.78, 5) is 10.3. The van der Waals surface area contributed by atoms with Crippen molar-refractivity contribution in [3.63, 3.8) is 0 Å². The molecule has 0 unspecified atom stereocenters. The number of benzene rings is 1. The molecular formula is C15H15F2NO3. The highest BCUT2D eigenvalue weighted by Crippen LogP contribution is 2.26. The van der Waals surface area contributed by atoms with Gasteiger partial charge in [-0.15, -0.1) is 0 Å². The third-order valence-electron chi connectivity index (χ3n) is 2.72. The van der Waals surface area contributed by atoms with Gasteiger partial charge in [-0.25, -0.2) is 13.6 Å². The number of nitrogens with zero attached hydrogens (tertiary/aromatic N) is 1. The van der Waals surface area contributed by atoms with E-state index in [2.05, 4.69) is 6.07 Å². The molecule has 1 N–H and O–H groups in total. The van der Waals surface area contributed by atoms with E-state index < -0.39 is 28.8 Å². The highest BCUT2D eigenvalue weighted by molar-refractivity contribution is 5.85. The van der Waals surface area contributed by atoms with Gasteiger partial charge < -0.3 is 9.84 Å². The molecule has 1 rings (SSSR count). The topological polar surface area (TPSA) is 70.3 Å². The third-order valence-corrected chi connectivity index (χ3v) is 2.72. The van der Waals surface area contributed by atoms with E-state index >= 15 is 0 Å². The van der Waals surface area contributed by atoms with Gasteiger partial charge in [0.25, 0.3) is 0 Å². The molecule has 6 heteroatoms. The lowest BCUT2D eigenvalue weighted by atomic mass is 9.92. The van der Waals surface area contributed by atoms with Crippen molar-refractivity contribution in [1.29, 1.82) is 5.26 Å². The fraction of sp³-hybridized carbons (Fsp3) is 0.333. The summed E-state index contributed by atoms with van der Waals surface area (Å²) in [6.45, 7) is 3.39. The van der Waals surface area contributed by atoms with Crippen molar-refractivity contribution in [2.24, 2.45) is 5.41 Å². The largest absolute Gasteiger partial charge is 0.488 e. The third kappa shape index (κ3) is 5.22. The molecule has 0 bridgehead atoms. The standard InChI is InChI=1S/C15H15F2NO3/c1-15(2,9-18)5-6-21-14-11(16)7-10(8-12(14)17)3-4-13(19)20/h3-4,7-8H,5-6H2,1-2H3,(H,19,20). The number of ether oxygens (including phenoxy) is 1. The Bertz CT molecular complexity index is 580. The number of rotatable bonds is 6. The summed E-state index contributed by atoms with van der Waals surface area (Å²) in [6, 6.07) is 4.02.